The van der Waals surface area contributed by atoms with E-state index in [2.05, 4.69) is 11.1 Å². The molecule has 0 bridgehead atoms. The Bertz CT molecular complexity index is 752. The smallest absolute Gasteiger partial charge is 0.311 e. The Hall–Kier alpha value is -2.30. The highest BCUT2D eigenvalue weighted by Crippen LogP contribution is 2.30. The number of carbonyl (C=O) groups excluding carboxylic acids is 1. The van der Waals surface area contributed by atoms with Crippen LogP contribution in [0.5, 0.6) is 0 Å². The number of carbonyl (C=O) groups is 2. The van der Waals surface area contributed by atoms with Crippen LogP contribution in [0.15, 0.2) is 30.5 Å². The van der Waals surface area contributed by atoms with E-state index >= 15 is 0 Å². The molecule has 1 fully saturated rings. The summed E-state index contributed by atoms with van der Waals surface area (Å²) in [7, 11) is 0. The van der Waals surface area contributed by atoms with Gasteiger partial charge in [0.15, 0.2) is 0 Å². The number of rotatable bonds is 5. The molecule has 24 heavy (non-hydrogen) atoms. The number of nitrogens with one attached hydrogen (secondary N) is 1. The highest BCUT2D eigenvalue weighted by atomic mass is 16.4. The number of nitrogens with zero attached hydrogens (tertiary/aromatic N) is 1. The SMILES string of the molecule is CC1(C(=O)O)CCCN(C(=O)CCCc2c[nH]c3ccccc23)C1. The number of fused-ring (bicyclic) bond motifs is 1. The van der Waals surface area contributed by atoms with Gasteiger partial charge >= 0.3 is 5.97 Å². The van der Waals surface area contributed by atoms with Crippen LogP contribution in [0.2, 0.25) is 0 Å². The maximum Gasteiger partial charge on any atom is 0.311 e. The predicted octanol–water partition coefficient (Wildman–Crippen LogP) is 3.20. The van der Waals surface area contributed by atoms with Crippen LogP contribution < -0.4 is 0 Å². The fraction of sp³-hybridized carbons (Fsp3) is 0.474. The molecule has 128 valence electrons. The molecular formula is C19H24N2O3. The van der Waals surface area contributed by atoms with Crippen LogP contribution in [0, 0.1) is 5.41 Å². The first kappa shape index (κ1) is 16.6. The van der Waals surface area contributed by atoms with E-state index in [4.69, 9.17) is 0 Å². The van der Waals surface area contributed by atoms with Crippen molar-refractivity contribution in [2.24, 2.45) is 5.41 Å². The summed E-state index contributed by atoms with van der Waals surface area (Å²) >= 11 is 0. The Kier molecular flexibility index (Phi) is 4.60. The zero-order valence-corrected chi connectivity index (χ0v) is 14.0. The number of H-pyrrole nitrogens is 1. The van der Waals surface area contributed by atoms with Crippen LogP contribution in [0.1, 0.15) is 38.2 Å². The van der Waals surface area contributed by atoms with Crippen molar-refractivity contribution in [1.29, 1.82) is 0 Å². The van der Waals surface area contributed by atoms with Gasteiger partial charge in [0.2, 0.25) is 5.91 Å². The molecule has 0 radical (unpaired) electrons. The van der Waals surface area contributed by atoms with Gasteiger partial charge < -0.3 is 15.0 Å². The molecule has 1 aromatic heterocycles. The number of aromatic amines is 1. The first-order chi connectivity index (χ1) is 11.5. The first-order valence-corrected chi connectivity index (χ1v) is 8.56. The lowest BCUT2D eigenvalue weighted by molar-refractivity contribution is -0.153. The quantitative estimate of drug-likeness (QED) is 0.885. The Morgan fingerprint density at radius 3 is 2.92 bits per heavy atom. The van der Waals surface area contributed by atoms with Gasteiger partial charge in [-0.3, -0.25) is 9.59 Å². The number of aryl methyl sites for hydroxylation is 1. The van der Waals surface area contributed by atoms with E-state index in [9.17, 15) is 14.7 Å². The number of hydrogen-bond donors (Lipinski definition) is 2. The minimum absolute atomic E-state index is 0.0713. The van der Waals surface area contributed by atoms with Gasteiger partial charge in [-0.15, -0.1) is 0 Å². The van der Waals surface area contributed by atoms with Crippen molar-refractivity contribution in [3.63, 3.8) is 0 Å². The predicted molar refractivity (Wildman–Crippen MR) is 92.8 cm³/mol. The zero-order valence-electron chi connectivity index (χ0n) is 14.0. The Morgan fingerprint density at radius 2 is 2.12 bits per heavy atom. The van der Waals surface area contributed by atoms with Gasteiger partial charge in [0.05, 0.1) is 5.41 Å². The molecule has 0 aliphatic carbocycles. The molecule has 1 atom stereocenters. The Balaban J connectivity index is 1.55. The molecule has 2 aromatic rings. The standard InChI is InChI=1S/C19H24N2O3/c1-19(18(23)24)10-5-11-21(13-19)17(22)9-4-6-14-12-20-16-8-3-2-7-15(14)16/h2-3,7-8,12,20H,4-6,9-11,13H2,1H3,(H,23,24). The van der Waals surface area contributed by atoms with E-state index in [1.54, 1.807) is 11.8 Å². The Labute approximate surface area is 141 Å². The molecule has 1 saturated heterocycles. The summed E-state index contributed by atoms with van der Waals surface area (Å²) in [5, 5.41) is 10.6. The second kappa shape index (κ2) is 6.67. The summed E-state index contributed by atoms with van der Waals surface area (Å²) in [6.07, 6.45) is 5.51. The fourth-order valence-electron chi connectivity index (χ4n) is 3.55. The van der Waals surface area contributed by atoms with Crippen molar-refractivity contribution >= 4 is 22.8 Å². The lowest BCUT2D eigenvalue weighted by Crippen LogP contribution is -2.48. The van der Waals surface area contributed by atoms with Gasteiger partial charge in [-0.05, 0) is 44.2 Å². The largest absolute Gasteiger partial charge is 0.481 e. The number of likely N-dealkylation sites (tertiary alicyclic amines) is 1. The number of carboxylic acids is 1. The molecule has 2 heterocycles. The Morgan fingerprint density at radius 1 is 1.33 bits per heavy atom. The molecule has 0 spiro atoms. The molecule has 1 aliphatic rings. The van der Waals surface area contributed by atoms with Gasteiger partial charge in [0.1, 0.15) is 0 Å². The topological polar surface area (TPSA) is 73.4 Å². The minimum atomic E-state index is -0.807. The number of aliphatic carboxylic acids is 1. The van der Waals surface area contributed by atoms with Crippen LogP contribution in [0.25, 0.3) is 10.9 Å². The zero-order chi connectivity index (χ0) is 17.2. The van der Waals surface area contributed by atoms with E-state index in [1.165, 1.54) is 10.9 Å². The van der Waals surface area contributed by atoms with Gasteiger partial charge in [-0.2, -0.15) is 0 Å². The third-order valence-corrected chi connectivity index (χ3v) is 5.08. The molecule has 3 rings (SSSR count). The molecular weight excluding hydrogens is 304 g/mol. The van der Waals surface area contributed by atoms with Crippen molar-refractivity contribution < 1.29 is 14.7 Å². The van der Waals surface area contributed by atoms with Crippen molar-refractivity contribution in [2.45, 2.75) is 39.0 Å². The maximum atomic E-state index is 12.4. The summed E-state index contributed by atoms with van der Waals surface area (Å²) < 4.78 is 0. The number of piperidine rings is 1. The number of aromatic nitrogens is 1. The van der Waals surface area contributed by atoms with Crippen LogP contribution in [-0.4, -0.2) is 40.0 Å². The summed E-state index contributed by atoms with van der Waals surface area (Å²) in [4.78, 5) is 28.8. The normalized spacial score (nSPS) is 21.1. The van der Waals surface area contributed by atoms with Crippen molar-refractivity contribution in [1.82, 2.24) is 9.88 Å². The van der Waals surface area contributed by atoms with E-state index in [0.717, 1.165) is 24.8 Å². The summed E-state index contributed by atoms with van der Waals surface area (Å²) in [6.45, 7) is 2.74. The minimum Gasteiger partial charge on any atom is -0.481 e. The molecule has 1 aromatic carbocycles. The van der Waals surface area contributed by atoms with Gasteiger partial charge in [-0.1, -0.05) is 18.2 Å². The molecule has 5 heteroatoms. The van der Waals surface area contributed by atoms with Crippen LogP contribution in [0.4, 0.5) is 0 Å². The molecule has 1 amide bonds. The maximum absolute atomic E-state index is 12.4. The third kappa shape index (κ3) is 3.30. The highest BCUT2D eigenvalue weighted by molar-refractivity contribution is 5.83. The van der Waals surface area contributed by atoms with Crippen LogP contribution in [-0.2, 0) is 16.0 Å². The van der Waals surface area contributed by atoms with E-state index < -0.39 is 11.4 Å². The monoisotopic (exact) mass is 328 g/mol. The fourth-order valence-corrected chi connectivity index (χ4v) is 3.55. The van der Waals surface area contributed by atoms with Gasteiger partial charge in [0, 0.05) is 36.6 Å². The summed E-state index contributed by atoms with van der Waals surface area (Å²) in [5.41, 5.74) is 1.55. The van der Waals surface area contributed by atoms with Gasteiger partial charge in [-0.25, -0.2) is 0 Å². The van der Waals surface area contributed by atoms with Gasteiger partial charge in [0.25, 0.3) is 0 Å². The molecule has 1 unspecified atom stereocenters. The van der Waals surface area contributed by atoms with Crippen molar-refractivity contribution in [2.75, 3.05) is 13.1 Å². The van der Waals surface area contributed by atoms with E-state index in [-0.39, 0.29) is 5.91 Å². The lowest BCUT2D eigenvalue weighted by atomic mass is 9.82. The molecule has 0 saturated carbocycles. The number of benzene rings is 1. The average molecular weight is 328 g/mol. The van der Waals surface area contributed by atoms with Crippen LogP contribution in [0.3, 0.4) is 0 Å². The summed E-state index contributed by atoms with van der Waals surface area (Å²) in [5.74, 6) is -0.735. The number of hydrogen-bond acceptors (Lipinski definition) is 2. The number of amides is 1. The second-order valence-electron chi connectivity index (χ2n) is 7.00. The highest BCUT2D eigenvalue weighted by Gasteiger charge is 2.39. The second-order valence-corrected chi connectivity index (χ2v) is 7.00. The average Bonchev–Trinajstić information content (AvgIpc) is 2.98. The van der Waals surface area contributed by atoms with Crippen molar-refractivity contribution in [3.05, 3.63) is 36.0 Å². The van der Waals surface area contributed by atoms with E-state index in [1.807, 2.05) is 24.4 Å². The third-order valence-electron chi connectivity index (χ3n) is 5.08. The number of para-hydroxylation sites is 1. The molecule has 2 N–H and O–H groups in total. The molecule has 5 nitrogen and oxygen atoms in total. The van der Waals surface area contributed by atoms with Crippen molar-refractivity contribution in [3.8, 4) is 0 Å². The first-order valence-electron chi connectivity index (χ1n) is 8.56. The van der Waals surface area contributed by atoms with Crippen LogP contribution >= 0.6 is 0 Å². The molecule has 1 aliphatic heterocycles. The van der Waals surface area contributed by atoms with E-state index in [0.29, 0.717) is 25.9 Å². The lowest BCUT2D eigenvalue weighted by Gasteiger charge is -2.37. The summed E-state index contributed by atoms with van der Waals surface area (Å²) in [6, 6.07) is 8.16. The number of carboxylic acid groups (broad SMARTS) is 1.